The molecular weight excluding hydrogens is 318 g/mol. The summed E-state index contributed by atoms with van der Waals surface area (Å²) in [5.41, 5.74) is 1.36. The van der Waals surface area contributed by atoms with Crippen LogP contribution in [-0.4, -0.2) is 54.5 Å². The van der Waals surface area contributed by atoms with E-state index in [1.54, 1.807) is 28.0 Å². The molecule has 1 aliphatic rings. The monoisotopic (exact) mass is 339 g/mol. The van der Waals surface area contributed by atoms with Crippen LogP contribution in [0, 0.1) is 0 Å². The van der Waals surface area contributed by atoms with Gasteiger partial charge in [-0.15, -0.1) is 0 Å². The third-order valence-electron chi connectivity index (χ3n) is 4.11. The number of aromatic nitrogens is 1. The van der Waals surface area contributed by atoms with Crippen molar-refractivity contribution in [2.45, 2.75) is 6.92 Å². The van der Waals surface area contributed by atoms with Crippen LogP contribution >= 0.6 is 0 Å². The van der Waals surface area contributed by atoms with E-state index >= 15 is 0 Å². The molecule has 0 spiro atoms. The lowest BCUT2D eigenvalue weighted by molar-refractivity contribution is 0.0299. The summed E-state index contributed by atoms with van der Waals surface area (Å²) in [7, 11) is 0. The second-order valence-electron chi connectivity index (χ2n) is 5.70. The van der Waals surface area contributed by atoms with E-state index in [4.69, 9.17) is 4.74 Å². The molecule has 0 aliphatic carbocycles. The zero-order valence-electron chi connectivity index (χ0n) is 14.2. The molecule has 0 unspecified atom stereocenters. The fourth-order valence-corrected chi connectivity index (χ4v) is 2.79. The zero-order valence-corrected chi connectivity index (χ0v) is 14.2. The highest BCUT2D eigenvalue weighted by molar-refractivity contribution is 6.05. The molecule has 1 fully saturated rings. The molecule has 1 aromatic heterocycles. The van der Waals surface area contributed by atoms with Gasteiger partial charge in [-0.05, 0) is 31.2 Å². The summed E-state index contributed by atoms with van der Waals surface area (Å²) in [5.74, 6) is -0.383. The summed E-state index contributed by atoms with van der Waals surface area (Å²) in [6.07, 6.45) is 0. The number of nitrogens with zero attached hydrogens (tertiary/aromatic N) is 3. The minimum Gasteiger partial charge on any atom is -0.378 e. The molecule has 0 bridgehead atoms. The highest BCUT2D eigenvalue weighted by atomic mass is 16.5. The first-order chi connectivity index (χ1) is 12.2. The van der Waals surface area contributed by atoms with Gasteiger partial charge in [0.15, 0.2) is 0 Å². The summed E-state index contributed by atoms with van der Waals surface area (Å²) < 4.78 is 5.27. The Morgan fingerprint density at radius 1 is 1.04 bits per heavy atom. The Balaban J connectivity index is 1.82. The molecule has 0 radical (unpaired) electrons. The fourth-order valence-electron chi connectivity index (χ4n) is 2.79. The molecule has 6 nitrogen and oxygen atoms in total. The van der Waals surface area contributed by atoms with Gasteiger partial charge < -0.3 is 14.5 Å². The Bertz CT molecular complexity index is 743. The van der Waals surface area contributed by atoms with E-state index in [-0.39, 0.29) is 23.2 Å². The second-order valence-corrected chi connectivity index (χ2v) is 5.70. The number of carbonyl (C=O) groups excluding carboxylic acids is 2. The lowest BCUT2D eigenvalue weighted by Crippen LogP contribution is -2.41. The Morgan fingerprint density at radius 2 is 1.72 bits per heavy atom. The number of benzene rings is 1. The van der Waals surface area contributed by atoms with Crippen LogP contribution < -0.4 is 4.90 Å². The Hall–Kier alpha value is -2.73. The van der Waals surface area contributed by atoms with Crippen LogP contribution in [0.25, 0.3) is 0 Å². The number of hydrogen-bond donors (Lipinski definition) is 0. The molecule has 2 aromatic rings. The summed E-state index contributed by atoms with van der Waals surface area (Å²) in [6.45, 7) is 4.58. The largest absolute Gasteiger partial charge is 0.378 e. The van der Waals surface area contributed by atoms with Gasteiger partial charge in [-0.1, -0.05) is 24.3 Å². The predicted molar refractivity (Wildman–Crippen MR) is 94.8 cm³/mol. The molecule has 0 atom stereocenters. The maximum Gasteiger partial charge on any atom is 0.276 e. The predicted octanol–water partition coefficient (Wildman–Crippen LogP) is 2.22. The van der Waals surface area contributed by atoms with Crippen LogP contribution in [-0.2, 0) is 4.74 Å². The van der Waals surface area contributed by atoms with Crippen LogP contribution in [0.5, 0.6) is 0 Å². The van der Waals surface area contributed by atoms with Crippen molar-refractivity contribution in [3.63, 3.8) is 0 Å². The molecule has 1 aliphatic heterocycles. The third kappa shape index (κ3) is 3.85. The van der Waals surface area contributed by atoms with Gasteiger partial charge in [-0.2, -0.15) is 0 Å². The summed E-state index contributed by atoms with van der Waals surface area (Å²) in [4.78, 5) is 33.1. The quantitative estimate of drug-likeness (QED) is 0.857. The van der Waals surface area contributed by atoms with Crippen LogP contribution in [0.1, 0.15) is 27.9 Å². The number of rotatable bonds is 4. The van der Waals surface area contributed by atoms with E-state index in [9.17, 15) is 9.59 Å². The van der Waals surface area contributed by atoms with Gasteiger partial charge in [0.25, 0.3) is 11.8 Å². The molecule has 0 N–H and O–H groups in total. The van der Waals surface area contributed by atoms with Gasteiger partial charge >= 0.3 is 0 Å². The van der Waals surface area contributed by atoms with Crippen LogP contribution in [0.3, 0.4) is 0 Å². The first-order valence-electron chi connectivity index (χ1n) is 8.41. The molecule has 6 heteroatoms. The van der Waals surface area contributed by atoms with Crippen LogP contribution in [0.2, 0.25) is 0 Å². The van der Waals surface area contributed by atoms with Crippen molar-refractivity contribution in [2.75, 3.05) is 37.7 Å². The molecule has 3 rings (SSSR count). The van der Waals surface area contributed by atoms with E-state index in [1.165, 1.54) is 0 Å². The van der Waals surface area contributed by atoms with E-state index in [0.29, 0.717) is 32.8 Å². The fraction of sp³-hybridized carbons (Fsp3) is 0.316. The lowest BCUT2D eigenvalue weighted by atomic mass is 10.2. The SMILES string of the molecule is CCN(C(=O)c1cccc(C(=O)N2CCOCC2)n1)c1ccccc1. The number of pyridine rings is 1. The van der Waals surface area contributed by atoms with Crippen molar-refractivity contribution >= 4 is 17.5 Å². The van der Waals surface area contributed by atoms with Crippen molar-refractivity contribution in [2.24, 2.45) is 0 Å². The van der Waals surface area contributed by atoms with Gasteiger partial charge in [0.05, 0.1) is 13.2 Å². The molecule has 2 heterocycles. The van der Waals surface area contributed by atoms with Gasteiger partial charge in [0.2, 0.25) is 0 Å². The third-order valence-corrected chi connectivity index (χ3v) is 4.11. The van der Waals surface area contributed by atoms with E-state index in [0.717, 1.165) is 5.69 Å². The first kappa shape index (κ1) is 17.1. The van der Waals surface area contributed by atoms with Crippen molar-refractivity contribution in [1.82, 2.24) is 9.88 Å². The van der Waals surface area contributed by atoms with E-state index in [1.807, 2.05) is 37.3 Å². The standard InChI is InChI=1S/C19H21N3O3/c1-2-22(15-7-4-3-5-8-15)19(24)17-10-6-9-16(20-17)18(23)21-11-13-25-14-12-21/h3-10H,2,11-14H2,1H3. The molecule has 0 saturated carbocycles. The topological polar surface area (TPSA) is 62.7 Å². The Morgan fingerprint density at radius 3 is 2.40 bits per heavy atom. The summed E-state index contributed by atoms with van der Waals surface area (Å²) in [6, 6.07) is 14.4. The number of morpholine rings is 1. The maximum absolute atomic E-state index is 12.8. The molecule has 2 amide bonds. The minimum atomic E-state index is -0.217. The highest BCUT2D eigenvalue weighted by Crippen LogP contribution is 2.16. The van der Waals surface area contributed by atoms with Crippen molar-refractivity contribution < 1.29 is 14.3 Å². The van der Waals surface area contributed by atoms with Crippen molar-refractivity contribution in [3.05, 3.63) is 59.9 Å². The maximum atomic E-state index is 12.8. The number of amides is 2. The van der Waals surface area contributed by atoms with Crippen LogP contribution in [0.15, 0.2) is 48.5 Å². The van der Waals surface area contributed by atoms with Gasteiger partial charge in [0.1, 0.15) is 11.4 Å². The first-order valence-corrected chi connectivity index (χ1v) is 8.41. The normalized spacial score (nSPS) is 14.2. The smallest absolute Gasteiger partial charge is 0.276 e. The summed E-state index contributed by atoms with van der Waals surface area (Å²) >= 11 is 0. The molecule has 130 valence electrons. The average molecular weight is 339 g/mol. The van der Waals surface area contributed by atoms with Gasteiger partial charge in [0, 0.05) is 25.3 Å². The van der Waals surface area contributed by atoms with Crippen molar-refractivity contribution in [3.8, 4) is 0 Å². The number of para-hydroxylation sites is 1. The number of hydrogen-bond acceptors (Lipinski definition) is 4. The van der Waals surface area contributed by atoms with Crippen LogP contribution in [0.4, 0.5) is 5.69 Å². The second kappa shape index (κ2) is 7.90. The molecule has 25 heavy (non-hydrogen) atoms. The zero-order chi connectivity index (χ0) is 17.6. The molecule has 1 saturated heterocycles. The Labute approximate surface area is 147 Å². The van der Waals surface area contributed by atoms with Gasteiger partial charge in [-0.25, -0.2) is 4.98 Å². The number of carbonyl (C=O) groups is 2. The average Bonchev–Trinajstić information content (AvgIpc) is 2.69. The van der Waals surface area contributed by atoms with Crippen molar-refractivity contribution in [1.29, 1.82) is 0 Å². The van der Waals surface area contributed by atoms with E-state index < -0.39 is 0 Å². The number of ether oxygens (including phenoxy) is 1. The minimum absolute atomic E-state index is 0.166. The van der Waals surface area contributed by atoms with Gasteiger partial charge in [-0.3, -0.25) is 9.59 Å². The highest BCUT2D eigenvalue weighted by Gasteiger charge is 2.22. The van der Waals surface area contributed by atoms with E-state index in [2.05, 4.69) is 4.98 Å². The summed E-state index contributed by atoms with van der Waals surface area (Å²) in [5, 5.41) is 0. The Kier molecular flexibility index (Phi) is 5.40. The molecule has 1 aromatic carbocycles. The molecular formula is C19H21N3O3. The number of anilines is 1. The lowest BCUT2D eigenvalue weighted by Gasteiger charge is -2.26.